The highest BCUT2D eigenvalue weighted by molar-refractivity contribution is 5.84. The van der Waals surface area contributed by atoms with E-state index in [1.807, 2.05) is 20.0 Å². The number of carbonyl (C=O) groups is 1. The summed E-state index contributed by atoms with van der Waals surface area (Å²) in [6.45, 7) is 6.59. The molecule has 1 aromatic heterocycles. The molecule has 2 heterocycles. The average molecular weight is 259 g/mol. The van der Waals surface area contributed by atoms with Gasteiger partial charge in [0.1, 0.15) is 0 Å². The molecule has 2 N–H and O–H groups in total. The summed E-state index contributed by atoms with van der Waals surface area (Å²) >= 11 is 0. The summed E-state index contributed by atoms with van der Waals surface area (Å²) in [5.74, 6) is 0.193. The molecule has 19 heavy (non-hydrogen) atoms. The molecule has 0 bridgehead atoms. The van der Waals surface area contributed by atoms with Crippen molar-refractivity contribution in [3.8, 4) is 0 Å². The van der Waals surface area contributed by atoms with Crippen LogP contribution in [-0.2, 0) is 24.3 Å². The second-order valence-corrected chi connectivity index (χ2v) is 6.00. The van der Waals surface area contributed by atoms with Crippen molar-refractivity contribution in [2.24, 2.45) is 5.41 Å². The Morgan fingerprint density at radius 1 is 1.53 bits per heavy atom. The summed E-state index contributed by atoms with van der Waals surface area (Å²) in [4.78, 5) is 16.5. The average Bonchev–Trinajstić information content (AvgIpc) is 3.17. The number of hydrogen-bond acceptors (Lipinski definition) is 3. The third kappa shape index (κ3) is 2.37. The molecule has 1 amide bonds. The van der Waals surface area contributed by atoms with Gasteiger partial charge in [-0.1, -0.05) is 6.92 Å². The summed E-state index contributed by atoms with van der Waals surface area (Å²) in [6.07, 6.45) is 5.03. The molecule has 0 unspecified atom stereocenters. The number of amides is 1. The van der Waals surface area contributed by atoms with Gasteiger partial charge in [-0.15, -0.1) is 0 Å². The van der Waals surface area contributed by atoms with Crippen molar-refractivity contribution < 1.29 is 4.79 Å². The lowest BCUT2D eigenvalue weighted by Gasteiger charge is -2.22. The van der Waals surface area contributed by atoms with E-state index in [9.17, 15) is 4.79 Å². The Morgan fingerprint density at radius 3 is 3.05 bits per heavy atom. The molecule has 1 aromatic rings. The summed E-state index contributed by atoms with van der Waals surface area (Å²) < 4.78 is 0. The predicted octanol–water partition coefficient (Wildman–Crippen LogP) is 1.45. The number of rotatable bonds is 3. The molecule has 4 heteroatoms. The summed E-state index contributed by atoms with van der Waals surface area (Å²) in [5, 5.41) is 6.45. The number of carbonyl (C=O) groups excluding carboxylic acids is 1. The molecule has 0 aromatic carbocycles. The van der Waals surface area contributed by atoms with Gasteiger partial charge < -0.3 is 10.6 Å². The Labute approximate surface area is 114 Å². The summed E-state index contributed by atoms with van der Waals surface area (Å²) in [5.41, 5.74) is 4.82. The number of aromatic nitrogens is 1. The molecule has 1 aliphatic carbocycles. The fourth-order valence-electron chi connectivity index (χ4n) is 2.67. The van der Waals surface area contributed by atoms with E-state index >= 15 is 0 Å². The molecular weight excluding hydrogens is 238 g/mol. The largest absolute Gasteiger partial charge is 0.351 e. The lowest BCUT2D eigenvalue weighted by atomic mass is 9.96. The maximum absolute atomic E-state index is 12.0. The van der Waals surface area contributed by atoms with Crippen LogP contribution in [0.4, 0.5) is 0 Å². The third-order valence-corrected chi connectivity index (χ3v) is 4.44. The number of pyridine rings is 1. The zero-order valence-electron chi connectivity index (χ0n) is 11.7. The van der Waals surface area contributed by atoms with E-state index in [1.165, 1.54) is 16.7 Å². The number of hydrogen-bond donors (Lipinski definition) is 2. The molecule has 0 spiro atoms. The minimum absolute atomic E-state index is 0.0995. The molecule has 0 atom stereocenters. The molecule has 2 aliphatic rings. The molecule has 0 radical (unpaired) electrons. The van der Waals surface area contributed by atoms with Gasteiger partial charge in [-0.05, 0) is 49.4 Å². The van der Waals surface area contributed by atoms with Crippen LogP contribution in [0.25, 0.3) is 0 Å². The Kier molecular flexibility index (Phi) is 3.05. The van der Waals surface area contributed by atoms with Crippen LogP contribution in [0.3, 0.4) is 0 Å². The van der Waals surface area contributed by atoms with E-state index in [4.69, 9.17) is 0 Å². The van der Waals surface area contributed by atoms with Crippen molar-refractivity contribution in [1.82, 2.24) is 15.6 Å². The maximum Gasteiger partial charge on any atom is 0.226 e. The fourth-order valence-corrected chi connectivity index (χ4v) is 2.67. The van der Waals surface area contributed by atoms with E-state index in [0.717, 1.165) is 38.0 Å². The number of fused-ring (bicyclic) bond motifs is 1. The fraction of sp³-hybridized carbons (Fsp3) is 0.600. The van der Waals surface area contributed by atoms with Gasteiger partial charge in [-0.3, -0.25) is 9.78 Å². The van der Waals surface area contributed by atoms with Crippen molar-refractivity contribution >= 4 is 5.91 Å². The van der Waals surface area contributed by atoms with Gasteiger partial charge in [0.15, 0.2) is 0 Å². The van der Waals surface area contributed by atoms with Crippen molar-refractivity contribution in [2.75, 3.05) is 6.54 Å². The van der Waals surface area contributed by atoms with Gasteiger partial charge in [0.25, 0.3) is 0 Å². The Bertz CT molecular complexity index is 520. The first-order chi connectivity index (χ1) is 9.10. The van der Waals surface area contributed by atoms with Crippen molar-refractivity contribution in [3.05, 3.63) is 28.6 Å². The van der Waals surface area contributed by atoms with Crippen LogP contribution < -0.4 is 10.6 Å². The van der Waals surface area contributed by atoms with E-state index in [0.29, 0.717) is 6.54 Å². The van der Waals surface area contributed by atoms with Crippen LogP contribution in [-0.4, -0.2) is 17.4 Å². The monoisotopic (exact) mass is 259 g/mol. The Balaban J connectivity index is 1.78. The lowest BCUT2D eigenvalue weighted by Crippen LogP contribution is -2.32. The van der Waals surface area contributed by atoms with Crippen molar-refractivity contribution in [3.63, 3.8) is 0 Å². The first kappa shape index (κ1) is 12.6. The lowest BCUT2D eigenvalue weighted by molar-refractivity contribution is -0.125. The van der Waals surface area contributed by atoms with E-state index in [2.05, 4.69) is 15.6 Å². The zero-order valence-corrected chi connectivity index (χ0v) is 11.7. The number of nitrogens with one attached hydrogen (secondary N) is 2. The molecule has 4 nitrogen and oxygen atoms in total. The quantitative estimate of drug-likeness (QED) is 0.864. The van der Waals surface area contributed by atoms with E-state index in [1.54, 1.807) is 0 Å². The second kappa shape index (κ2) is 4.60. The first-order valence-corrected chi connectivity index (χ1v) is 7.05. The van der Waals surface area contributed by atoms with Crippen LogP contribution in [0.15, 0.2) is 6.20 Å². The molecular formula is C15H21N3O. The molecule has 1 fully saturated rings. The Morgan fingerprint density at radius 2 is 2.32 bits per heavy atom. The van der Waals surface area contributed by atoms with Gasteiger partial charge in [-0.2, -0.15) is 0 Å². The van der Waals surface area contributed by atoms with E-state index < -0.39 is 0 Å². The molecule has 3 rings (SSSR count). The topological polar surface area (TPSA) is 54.0 Å². The van der Waals surface area contributed by atoms with Crippen LogP contribution in [0.2, 0.25) is 0 Å². The Hall–Kier alpha value is -1.42. The molecule has 1 saturated carbocycles. The van der Waals surface area contributed by atoms with Crippen molar-refractivity contribution in [1.29, 1.82) is 0 Å². The minimum atomic E-state index is -0.0995. The highest BCUT2D eigenvalue weighted by Gasteiger charge is 2.44. The third-order valence-electron chi connectivity index (χ3n) is 4.44. The van der Waals surface area contributed by atoms with Crippen LogP contribution >= 0.6 is 0 Å². The van der Waals surface area contributed by atoms with Gasteiger partial charge in [0.05, 0.1) is 0 Å². The molecule has 1 aliphatic heterocycles. The van der Waals surface area contributed by atoms with Crippen LogP contribution in [0.5, 0.6) is 0 Å². The minimum Gasteiger partial charge on any atom is -0.351 e. The van der Waals surface area contributed by atoms with Gasteiger partial charge in [0, 0.05) is 30.4 Å². The highest BCUT2D eigenvalue weighted by atomic mass is 16.2. The van der Waals surface area contributed by atoms with Crippen LogP contribution in [0, 0.1) is 12.3 Å². The van der Waals surface area contributed by atoms with Gasteiger partial charge in [-0.25, -0.2) is 0 Å². The summed E-state index contributed by atoms with van der Waals surface area (Å²) in [6, 6.07) is 0. The first-order valence-electron chi connectivity index (χ1n) is 7.05. The highest BCUT2D eigenvalue weighted by Crippen LogP contribution is 2.45. The maximum atomic E-state index is 12.0. The standard InChI is InChI=1S/C15H21N3O/c1-10-13(9-18-14(19)15(2)4-5-15)12-3-6-16-7-11(12)8-17-10/h8,16H,3-7,9H2,1-2H3,(H,18,19). The van der Waals surface area contributed by atoms with Gasteiger partial charge in [0.2, 0.25) is 5.91 Å². The second-order valence-electron chi connectivity index (χ2n) is 6.00. The molecule has 0 saturated heterocycles. The molecule has 102 valence electrons. The number of nitrogens with zero attached hydrogens (tertiary/aromatic N) is 1. The number of aryl methyl sites for hydroxylation is 1. The SMILES string of the molecule is Cc1ncc2c(c1CNC(=O)C1(C)CC1)CCNC2. The van der Waals surface area contributed by atoms with Crippen LogP contribution in [0.1, 0.15) is 42.1 Å². The predicted molar refractivity (Wildman–Crippen MR) is 73.6 cm³/mol. The van der Waals surface area contributed by atoms with Crippen molar-refractivity contribution in [2.45, 2.75) is 46.2 Å². The smallest absolute Gasteiger partial charge is 0.226 e. The van der Waals surface area contributed by atoms with E-state index in [-0.39, 0.29) is 11.3 Å². The van der Waals surface area contributed by atoms with Gasteiger partial charge >= 0.3 is 0 Å². The summed E-state index contributed by atoms with van der Waals surface area (Å²) in [7, 11) is 0. The zero-order chi connectivity index (χ0) is 13.5. The normalized spacial score (nSPS) is 19.7.